The topological polar surface area (TPSA) is 41.1 Å². The summed E-state index contributed by atoms with van der Waals surface area (Å²) in [7, 11) is 1.85. The molecule has 0 spiro atoms. The van der Waals surface area contributed by atoms with Crippen LogP contribution in [0.3, 0.4) is 0 Å². The first kappa shape index (κ1) is 15.7. The van der Waals surface area contributed by atoms with Gasteiger partial charge in [0.05, 0.1) is 0 Å². The minimum Gasteiger partial charge on any atom is -0.357 e. The zero-order valence-electron chi connectivity index (χ0n) is 13.0. The molecule has 19 heavy (non-hydrogen) atoms. The molecule has 108 valence electrons. The summed E-state index contributed by atoms with van der Waals surface area (Å²) in [6.07, 6.45) is 4.21. The molecule has 0 saturated carbocycles. The lowest BCUT2D eigenvalue weighted by atomic mass is 10.1. The molecule has 0 fully saturated rings. The molecule has 0 aliphatic heterocycles. The molecular weight excluding hydrogens is 236 g/mol. The van der Waals surface area contributed by atoms with Gasteiger partial charge in [0.15, 0.2) is 0 Å². The van der Waals surface area contributed by atoms with Gasteiger partial charge in [-0.2, -0.15) is 4.98 Å². The van der Waals surface area contributed by atoms with Gasteiger partial charge in [0, 0.05) is 26.3 Å². The molecular formula is C15H28N4. The Kier molecular flexibility index (Phi) is 6.60. The molecule has 1 aromatic rings. The highest BCUT2D eigenvalue weighted by molar-refractivity contribution is 5.42. The monoisotopic (exact) mass is 264 g/mol. The maximum Gasteiger partial charge on any atom is 0.224 e. The number of hydrogen-bond donors (Lipinski definition) is 1. The van der Waals surface area contributed by atoms with E-state index in [1.807, 2.05) is 19.3 Å². The number of hydrogen-bond acceptors (Lipinski definition) is 4. The Morgan fingerprint density at radius 1 is 1.11 bits per heavy atom. The number of nitrogens with one attached hydrogen (secondary N) is 1. The average Bonchev–Trinajstić information content (AvgIpc) is 2.38. The van der Waals surface area contributed by atoms with Crippen molar-refractivity contribution in [3.8, 4) is 0 Å². The van der Waals surface area contributed by atoms with E-state index in [-0.39, 0.29) is 0 Å². The second-order valence-electron chi connectivity index (χ2n) is 5.84. The third kappa shape index (κ3) is 5.90. The number of rotatable bonds is 8. The third-order valence-corrected chi connectivity index (χ3v) is 3.14. The van der Waals surface area contributed by atoms with Crippen LogP contribution in [0.25, 0.3) is 0 Å². The quantitative estimate of drug-likeness (QED) is 0.781. The van der Waals surface area contributed by atoms with Gasteiger partial charge in [-0.15, -0.1) is 0 Å². The van der Waals surface area contributed by atoms with Gasteiger partial charge < -0.3 is 10.2 Å². The molecule has 0 amide bonds. The highest BCUT2D eigenvalue weighted by Crippen LogP contribution is 2.16. The van der Waals surface area contributed by atoms with E-state index in [9.17, 15) is 0 Å². The molecule has 1 rings (SSSR count). The van der Waals surface area contributed by atoms with Crippen LogP contribution in [0, 0.1) is 11.8 Å². The van der Waals surface area contributed by atoms with Gasteiger partial charge in [-0.25, -0.2) is 4.98 Å². The molecule has 1 heterocycles. The van der Waals surface area contributed by atoms with Crippen molar-refractivity contribution in [1.29, 1.82) is 0 Å². The molecule has 0 unspecified atom stereocenters. The molecule has 1 aromatic heterocycles. The Bertz CT molecular complexity index is 351. The Morgan fingerprint density at radius 3 is 2.16 bits per heavy atom. The minimum absolute atomic E-state index is 0.691. The molecule has 0 bridgehead atoms. The van der Waals surface area contributed by atoms with E-state index >= 15 is 0 Å². The van der Waals surface area contributed by atoms with Gasteiger partial charge in [-0.05, 0) is 30.7 Å². The summed E-state index contributed by atoms with van der Waals surface area (Å²) in [5.74, 6) is 3.15. The zero-order chi connectivity index (χ0) is 14.3. The summed E-state index contributed by atoms with van der Waals surface area (Å²) in [4.78, 5) is 11.1. The van der Waals surface area contributed by atoms with Gasteiger partial charge in [0.25, 0.3) is 0 Å². The Balaban J connectivity index is 2.74. The average molecular weight is 264 g/mol. The van der Waals surface area contributed by atoms with Gasteiger partial charge in [-0.1, -0.05) is 27.7 Å². The van der Waals surface area contributed by atoms with Crippen molar-refractivity contribution in [3.05, 3.63) is 12.3 Å². The van der Waals surface area contributed by atoms with Crippen LogP contribution in [0.5, 0.6) is 0 Å². The van der Waals surface area contributed by atoms with Crippen LogP contribution in [-0.2, 0) is 0 Å². The first-order valence-electron chi connectivity index (χ1n) is 7.28. The van der Waals surface area contributed by atoms with Crippen molar-refractivity contribution in [2.45, 2.75) is 40.5 Å². The van der Waals surface area contributed by atoms with E-state index in [1.165, 1.54) is 12.8 Å². The van der Waals surface area contributed by atoms with Crippen LogP contribution in [0.2, 0.25) is 0 Å². The summed E-state index contributed by atoms with van der Waals surface area (Å²) in [6, 6.07) is 2.00. The first-order valence-corrected chi connectivity index (χ1v) is 7.28. The molecule has 0 aliphatic carbocycles. The van der Waals surface area contributed by atoms with Crippen LogP contribution in [0.1, 0.15) is 40.5 Å². The van der Waals surface area contributed by atoms with Crippen molar-refractivity contribution in [2.24, 2.45) is 11.8 Å². The molecule has 0 saturated heterocycles. The predicted molar refractivity (Wildman–Crippen MR) is 82.7 cm³/mol. The van der Waals surface area contributed by atoms with E-state index in [0.29, 0.717) is 17.8 Å². The van der Waals surface area contributed by atoms with E-state index in [2.05, 4.69) is 47.9 Å². The summed E-state index contributed by atoms with van der Waals surface area (Å²) >= 11 is 0. The van der Waals surface area contributed by atoms with Crippen LogP contribution in [-0.4, -0.2) is 30.1 Å². The largest absolute Gasteiger partial charge is 0.357 e. The molecule has 1 N–H and O–H groups in total. The maximum atomic E-state index is 4.55. The van der Waals surface area contributed by atoms with Gasteiger partial charge in [-0.3, -0.25) is 0 Å². The fourth-order valence-corrected chi connectivity index (χ4v) is 1.81. The van der Waals surface area contributed by atoms with E-state index in [0.717, 1.165) is 18.9 Å². The van der Waals surface area contributed by atoms with Crippen LogP contribution in [0.15, 0.2) is 12.3 Å². The summed E-state index contributed by atoms with van der Waals surface area (Å²) in [5.41, 5.74) is 0. The third-order valence-electron chi connectivity index (χ3n) is 3.14. The maximum absolute atomic E-state index is 4.55. The van der Waals surface area contributed by atoms with Gasteiger partial charge in [0.1, 0.15) is 5.82 Å². The molecule has 4 heteroatoms. The van der Waals surface area contributed by atoms with E-state index in [1.54, 1.807) is 0 Å². The van der Waals surface area contributed by atoms with Crippen LogP contribution in [0.4, 0.5) is 11.8 Å². The Morgan fingerprint density at radius 2 is 1.68 bits per heavy atom. The molecule has 0 radical (unpaired) electrons. The number of anilines is 2. The van der Waals surface area contributed by atoms with Crippen LogP contribution < -0.4 is 10.2 Å². The second kappa shape index (κ2) is 7.97. The summed E-state index contributed by atoms with van der Waals surface area (Å²) < 4.78 is 0. The van der Waals surface area contributed by atoms with Gasteiger partial charge in [0.2, 0.25) is 5.95 Å². The SMILES string of the molecule is CNc1nccc(N(CCC(C)C)CCC(C)C)n1. The fraction of sp³-hybridized carbons (Fsp3) is 0.733. The second-order valence-corrected chi connectivity index (χ2v) is 5.84. The highest BCUT2D eigenvalue weighted by atomic mass is 15.2. The fourth-order valence-electron chi connectivity index (χ4n) is 1.81. The summed E-state index contributed by atoms with van der Waals surface area (Å²) in [6.45, 7) is 11.2. The normalized spacial score (nSPS) is 11.1. The summed E-state index contributed by atoms with van der Waals surface area (Å²) in [5, 5.41) is 3.00. The smallest absolute Gasteiger partial charge is 0.224 e. The van der Waals surface area contributed by atoms with Crippen LogP contribution >= 0.6 is 0 Å². The van der Waals surface area contributed by atoms with Crippen molar-refractivity contribution in [3.63, 3.8) is 0 Å². The molecule has 0 atom stereocenters. The number of aromatic nitrogens is 2. The molecule has 0 aliphatic rings. The van der Waals surface area contributed by atoms with Gasteiger partial charge >= 0.3 is 0 Å². The molecule has 4 nitrogen and oxygen atoms in total. The minimum atomic E-state index is 0.691. The van der Waals surface area contributed by atoms with Crippen molar-refractivity contribution in [1.82, 2.24) is 9.97 Å². The lowest BCUT2D eigenvalue weighted by molar-refractivity contribution is 0.533. The lowest BCUT2D eigenvalue weighted by Gasteiger charge is -2.25. The Labute approximate surface area is 117 Å². The predicted octanol–water partition coefficient (Wildman–Crippen LogP) is 3.42. The Hall–Kier alpha value is -1.32. The first-order chi connectivity index (χ1) is 9.02. The van der Waals surface area contributed by atoms with E-state index < -0.39 is 0 Å². The van der Waals surface area contributed by atoms with Crippen molar-refractivity contribution < 1.29 is 0 Å². The zero-order valence-corrected chi connectivity index (χ0v) is 13.0. The van der Waals surface area contributed by atoms with Crippen molar-refractivity contribution in [2.75, 3.05) is 30.4 Å². The highest BCUT2D eigenvalue weighted by Gasteiger charge is 2.10. The van der Waals surface area contributed by atoms with E-state index in [4.69, 9.17) is 0 Å². The number of nitrogens with zero attached hydrogens (tertiary/aromatic N) is 3. The van der Waals surface area contributed by atoms with Crippen molar-refractivity contribution >= 4 is 11.8 Å². The molecule has 0 aromatic carbocycles. The standard InChI is InChI=1S/C15H28N4/c1-12(2)7-10-19(11-8-13(3)4)14-6-9-17-15(16-5)18-14/h6,9,12-13H,7-8,10-11H2,1-5H3,(H,16,17,18). The lowest BCUT2D eigenvalue weighted by Crippen LogP contribution is -2.28.